The van der Waals surface area contributed by atoms with Crippen molar-refractivity contribution in [3.8, 4) is 11.4 Å². The standard InChI is InChI=1S/C13H15ClN4O/c1-9-6-10(3-5-19-9)18-4-2-11(17-18)12-7-13(14)16-8-15-12/h2,4,7-10H,3,5-6H2,1H3. The summed E-state index contributed by atoms with van der Waals surface area (Å²) in [5, 5.41) is 5.02. The summed E-state index contributed by atoms with van der Waals surface area (Å²) < 4.78 is 7.56. The van der Waals surface area contributed by atoms with Gasteiger partial charge >= 0.3 is 0 Å². The van der Waals surface area contributed by atoms with Crippen LogP contribution in [0, 0.1) is 0 Å². The molecule has 0 bridgehead atoms. The molecule has 0 saturated carbocycles. The molecule has 2 unspecified atom stereocenters. The Bertz CT molecular complexity index is 571. The van der Waals surface area contributed by atoms with Crippen LogP contribution in [0.4, 0.5) is 0 Å². The van der Waals surface area contributed by atoms with Gasteiger partial charge < -0.3 is 4.74 Å². The van der Waals surface area contributed by atoms with E-state index in [0.717, 1.165) is 30.8 Å². The van der Waals surface area contributed by atoms with Gasteiger partial charge in [-0.3, -0.25) is 4.68 Å². The summed E-state index contributed by atoms with van der Waals surface area (Å²) >= 11 is 5.87. The Morgan fingerprint density at radius 2 is 2.26 bits per heavy atom. The molecule has 3 rings (SSSR count). The van der Waals surface area contributed by atoms with Crippen molar-refractivity contribution in [2.75, 3.05) is 6.61 Å². The Balaban J connectivity index is 1.83. The number of nitrogens with zero attached hydrogens (tertiary/aromatic N) is 4. The molecule has 0 aromatic carbocycles. The predicted octanol–water partition coefficient (Wildman–Crippen LogP) is 2.73. The molecule has 0 amide bonds. The van der Waals surface area contributed by atoms with E-state index in [1.54, 1.807) is 6.07 Å². The molecule has 3 heterocycles. The normalized spacial score (nSPS) is 23.5. The summed E-state index contributed by atoms with van der Waals surface area (Å²) in [6.45, 7) is 2.89. The lowest BCUT2D eigenvalue weighted by atomic mass is 10.1. The summed E-state index contributed by atoms with van der Waals surface area (Å²) in [6, 6.07) is 4.08. The Morgan fingerprint density at radius 3 is 3.05 bits per heavy atom. The van der Waals surface area contributed by atoms with Gasteiger partial charge in [-0.15, -0.1) is 0 Å². The third kappa shape index (κ3) is 2.77. The van der Waals surface area contributed by atoms with Crippen LogP contribution in [-0.2, 0) is 4.74 Å². The molecular formula is C13H15ClN4O. The van der Waals surface area contributed by atoms with Gasteiger partial charge in [-0.25, -0.2) is 9.97 Å². The van der Waals surface area contributed by atoms with E-state index < -0.39 is 0 Å². The molecule has 6 heteroatoms. The average molecular weight is 279 g/mol. The first-order chi connectivity index (χ1) is 9.22. The van der Waals surface area contributed by atoms with E-state index in [1.807, 2.05) is 16.9 Å². The van der Waals surface area contributed by atoms with Crippen LogP contribution >= 0.6 is 11.6 Å². The minimum Gasteiger partial charge on any atom is -0.378 e. The molecule has 1 fully saturated rings. The third-order valence-corrected chi connectivity index (χ3v) is 3.54. The highest BCUT2D eigenvalue weighted by Crippen LogP contribution is 2.26. The first kappa shape index (κ1) is 12.6. The average Bonchev–Trinajstić information content (AvgIpc) is 2.88. The summed E-state index contributed by atoms with van der Waals surface area (Å²) in [7, 11) is 0. The molecule has 2 atom stereocenters. The molecule has 0 spiro atoms. The van der Waals surface area contributed by atoms with Crippen molar-refractivity contribution in [2.24, 2.45) is 0 Å². The number of aromatic nitrogens is 4. The smallest absolute Gasteiger partial charge is 0.133 e. The van der Waals surface area contributed by atoms with Crippen molar-refractivity contribution in [2.45, 2.75) is 31.9 Å². The maximum absolute atomic E-state index is 5.87. The molecule has 1 saturated heterocycles. The van der Waals surface area contributed by atoms with E-state index in [2.05, 4.69) is 22.0 Å². The fraction of sp³-hybridized carbons (Fsp3) is 0.462. The lowest BCUT2D eigenvalue weighted by molar-refractivity contribution is 0.00354. The van der Waals surface area contributed by atoms with Gasteiger partial charge in [0.05, 0.1) is 17.8 Å². The van der Waals surface area contributed by atoms with E-state index in [1.165, 1.54) is 6.33 Å². The Kier molecular flexibility index (Phi) is 3.48. The van der Waals surface area contributed by atoms with Crippen molar-refractivity contribution in [1.82, 2.24) is 19.7 Å². The predicted molar refractivity (Wildman–Crippen MR) is 71.9 cm³/mol. The van der Waals surface area contributed by atoms with Crippen LogP contribution < -0.4 is 0 Å². The van der Waals surface area contributed by atoms with Crippen LogP contribution in [0.2, 0.25) is 5.15 Å². The SMILES string of the molecule is CC1CC(n2ccc(-c3cc(Cl)ncn3)n2)CCO1. The third-order valence-electron chi connectivity index (χ3n) is 3.34. The van der Waals surface area contributed by atoms with Crippen molar-refractivity contribution < 1.29 is 4.74 Å². The second kappa shape index (κ2) is 5.27. The molecule has 2 aromatic heterocycles. The summed E-state index contributed by atoms with van der Waals surface area (Å²) in [5.74, 6) is 0. The maximum atomic E-state index is 5.87. The molecule has 0 radical (unpaired) electrons. The fourth-order valence-corrected chi connectivity index (χ4v) is 2.51. The molecular weight excluding hydrogens is 264 g/mol. The Labute approximate surface area is 116 Å². The molecule has 0 N–H and O–H groups in total. The summed E-state index contributed by atoms with van der Waals surface area (Å²) in [6.07, 6.45) is 5.73. The van der Waals surface area contributed by atoms with Gasteiger partial charge in [0.1, 0.15) is 17.2 Å². The minimum atomic E-state index is 0.292. The molecule has 1 aliphatic heterocycles. The Hall–Kier alpha value is -1.46. The van der Waals surface area contributed by atoms with Crippen molar-refractivity contribution in [1.29, 1.82) is 0 Å². The molecule has 1 aliphatic rings. The van der Waals surface area contributed by atoms with Crippen LogP contribution in [0.15, 0.2) is 24.7 Å². The minimum absolute atomic E-state index is 0.292. The van der Waals surface area contributed by atoms with Crippen LogP contribution in [0.3, 0.4) is 0 Å². The van der Waals surface area contributed by atoms with E-state index in [9.17, 15) is 0 Å². The number of halogens is 1. The topological polar surface area (TPSA) is 52.8 Å². The largest absolute Gasteiger partial charge is 0.378 e. The van der Waals surface area contributed by atoms with Crippen LogP contribution in [0.5, 0.6) is 0 Å². The van der Waals surface area contributed by atoms with E-state index in [0.29, 0.717) is 17.3 Å². The van der Waals surface area contributed by atoms with Gasteiger partial charge in [-0.1, -0.05) is 11.6 Å². The molecule has 2 aromatic rings. The number of ether oxygens (including phenoxy) is 1. The lowest BCUT2D eigenvalue weighted by Crippen LogP contribution is -2.25. The maximum Gasteiger partial charge on any atom is 0.133 e. The number of hydrogen-bond acceptors (Lipinski definition) is 4. The Morgan fingerprint density at radius 1 is 1.37 bits per heavy atom. The zero-order chi connectivity index (χ0) is 13.2. The van der Waals surface area contributed by atoms with E-state index in [-0.39, 0.29) is 0 Å². The van der Waals surface area contributed by atoms with Crippen molar-refractivity contribution in [3.63, 3.8) is 0 Å². The van der Waals surface area contributed by atoms with Crippen molar-refractivity contribution in [3.05, 3.63) is 29.8 Å². The lowest BCUT2D eigenvalue weighted by Gasteiger charge is -2.27. The van der Waals surface area contributed by atoms with Crippen LogP contribution in [-0.4, -0.2) is 32.5 Å². The quantitative estimate of drug-likeness (QED) is 0.793. The monoisotopic (exact) mass is 278 g/mol. The fourth-order valence-electron chi connectivity index (χ4n) is 2.37. The number of rotatable bonds is 2. The highest BCUT2D eigenvalue weighted by Gasteiger charge is 2.21. The first-order valence-electron chi connectivity index (χ1n) is 6.37. The van der Waals surface area contributed by atoms with Gasteiger partial charge in [0.25, 0.3) is 0 Å². The highest BCUT2D eigenvalue weighted by molar-refractivity contribution is 6.29. The van der Waals surface area contributed by atoms with E-state index >= 15 is 0 Å². The first-order valence-corrected chi connectivity index (χ1v) is 6.75. The van der Waals surface area contributed by atoms with Gasteiger partial charge in [-0.2, -0.15) is 5.10 Å². The van der Waals surface area contributed by atoms with Crippen molar-refractivity contribution >= 4 is 11.6 Å². The molecule has 100 valence electrons. The number of hydrogen-bond donors (Lipinski definition) is 0. The van der Waals surface area contributed by atoms with Gasteiger partial charge in [0.2, 0.25) is 0 Å². The van der Waals surface area contributed by atoms with Gasteiger partial charge in [0, 0.05) is 18.9 Å². The van der Waals surface area contributed by atoms with Crippen LogP contribution in [0.1, 0.15) is 25.8 Å². The highest BCUT2D eigenvalue weighted by atomic mass is 35.5. The zero-order valence-electron chi connectivity index (χ0n) is 10.7. The zero-order valence-corrected chi connectivity index (χ0v) is 11.4. The van der Waals surface area contributed by atoms with Gasteiger partial charge in [-0.05, 0) is 25.8 Å². The molecule has 5 nitrogen and oxygen atoms in total. The van der Waals surface area contributed by atoms with E-state index in [4.69, 9.17) is 16.3 Å². The second-order valence-electron chi connectivity index (χ2n) is 4.77. The molecule has 19 heavy (non-hydrogen) atoms. The second-order valence-corrected chi connectivity index (χ2v) is 5.15. The van der Waals surface area contributed by atoms with Gasteiger partial charge in [0.15, 0.2) is 0 Å². The van der Waals surface area contributed by atoms with Crippen LogP contribution in [0.25, 0.3) is 11.4 Å². The summed E-state index contributed by atoms with van der Waals surface area (Å²) in [5.41, 5.74) is 1.57. The molecule has 0 aliphatic carbocycles. The summed E-state index contributed by atoms with van der Waals surface area (Å²) in [4.78, 5) is 8.06.